The second kappa shape index (κ2) is 4.83. The molecular formula is C12H20O2. The zero-order chi connectivity index (χ0) is 9.80. The van der Waals surface area contributed by atoms with E-state index in [1.54, 1.807) is 0 Å². The van der Waals surface area contributed by atoms with Crippen LogP contribution in [0, 0.1) is 5.92 Å². The predicted octanol–water partition coefficient (Wildman–Crippen LogP) is 2.62. The Bertz CT molecular complexity index is 210. The summed E-state index contributed by atoms with van der Waals surface area (Å²) in [5.74, 6) is 1.37. The van der Waals surface area contributed by atoms with Crippen LogP contribution in [-0.2, 0) is 4.74 Å². The van der Waals surface area contributed by atoms with Gasteiger partial charge in [0.25, 0.3) is 0 Å². The number of hydrogen-bond donors (Lipinski definition) is 1. The average Bonchev–Trinajstić information content (AvgIpc) is 2.47. The van der Waals surface area contributed by atoms with E-state index in [0.717, 1.165) is 38.0 Å². The highest BCUT2D eigenvalue weighted by Gasteiger charge is 2.27. The molecule has 1 heterocycles. The standard InChI is InChI=1S/C12H20O2/c13-11-7-4-3-6-10(11)12-8-2-1-5-9-14-12/h8,10-11,13H,1-7,9H2. The van der Waals surface area contributed by atoms with Gasteiger partial charge < -0.3 is 9.84 Å². The summed E-state index contributed by atoms with van der Waals surface area (Å²) >= 11 is 0. The first-order valence-electron chi connectivity index (χ1n) is 5.89. The fourth-order valence-electron chi connectivity index (χ4n) is 2.44. The Labute approximate surface area is 86.0 Å². The van der Waals surface area contributed by atoms with Crippen LogP contribution in [0.4, 0.5) is 0 Å². The van der Waals surface area contributed by atoms with Crippen LogP contribution in [0.25, 0.3) is 0 Å². The summed E-state index contributed by atoms with van der Waals surface area (Å²) in [7, 11) is 0. The van der Waals surface area contributed by atoms with E-state index in [9.17, 15) is 5.11 Å². The first kappa shape index (κ1) is 10.0. The molecular weight excluding hydrogens is 176 g/mol. The molecule has 2 heteroatoms. The summed E-state index contributed by atoms with van der Waals surface area (Å²) in [5.41, 5.74) is 0. The van der Waals surface area contributed by atoms with E-state index in [0.29, 0.717) is 5.92 Å². The van der Waals surface area contributed by atoms with Crippen molar-refractivity contribution >= 4 is 0 Å². The van der Waals surface area contributed by atoms with Crippen LogP contribution in [0.2, 0.25) is 0 Å². The lowest BCUT2D eigenvalue weighted by molar-refractivity contribution is 0.0484. The van der Waals surface area contributed by atoms with Crippen LogP contribution < -0.4 is 0 Å². The lowest BCUT2D eigenvalue weighted by Crippen LogP contribution is -2.27. The normalized spacial score (nSPS) is 34.2. The number of rotatable bonds is 1. The van der Waals surface area contributed by atoms with Crippen molar-refractivity contribution < 1.29 is 9.84 Å². The van der Waals surface area contributed by atoms with Crippen molar-refractivity contribution in [2.45, 2.75) is 51.0 Å². The number of hydrogen-bond acceptors (Lipinski definition) is 2. The summed E-state index contributed by atoms with van der Waals surface area (Å²) in [5, 5.41) is 9.89. The van der Waals surface area contributed by atoms with Crippen molar-refractivity contribution in [1.82, 2.24) is 0 Å². The maximum Gasteiger partial charge on any atom is 0.0976 e. The largest absolute Gasteiger partial charge is 0.498 e. The molecule has 2 rings (SSSR count). The molecule has 0 amide bonds. The van der Waals surface area contributed by atoms with Crippen molar-refractivity contribution in [3.63, 3.8) is 0 Å². The summed E-state index contributed by atoms with van der Waals surface area (Å²) < 4.78 is 5.71. The minimum absolute atomic E-state index is 0.159. The van der Waals surface area contributed by atoms with Gasteiger partial charge in [0.2, 0.25) is 0 Å². The average molecular weight is 196 g/mol. The van der Waals surface area contributed by atoms with Gasteiger partial charge in [-0.15, -0.1) is 0 Å². The van der Waals surface area contributed by atoms with Gasteiger partial charge in [0.15, 0.2) is 0 Å². The molecule has 1 N–H and O–H groups in total. The third kappa shape index (κ3) is 2.30. The Hall–Kier alpha value is -0.500. The quantitative estimate of drug-likeness (QED) is 0.698. The summed E-state index contributed by atoms with van der Waals surface area (Å²) in [6.45, 7) is 0.842. The second-order valence-corrected chi connectivity index (χ2v) is 4.41. The van der Waals surface area contributed by atoms with Crippen LogP contribution in [-0.4, -0.2) is 17.8 Å². The summed E-state index contributed by atoms with van der Waals surface area (Å²) in [6.07, 6.45) is 10.0. The predicted molar refractivity (Wildman–Crippen MR) is 55.9 cm³/mol. The lowest BCUT2D eigenvalue weighted by Gasteiger charge is -2.29. The Morgan fingerprint density at radius 1 is 1.14 bits per heavy atom. The van der Waals surface area contributed by atoms with Gasteiger partial charge in [0, 0.05) is 5.92 Å². The number of aliphatic hydroxyl groups excluding tert-OH is 1. The topological polar surface area (TPSA) is 29.5 Å². The van der Waals surface area contributed by atoms with E-state index in [1.165, 1.54) is 19.3 Å². The fourth-order valence-corrected chi connectivity index (χ4v) is 2.44. The van der Waals surface area contributed by atoms with Crippen LogP contribution in [0.15, 0.2) is 11.8 Å². The highest BCUT2D eigenvalue weighted by atomic mass is 16.5. The van der Waals surface area contributed by atoms with Crippen molar-refractivity contribution in [2.75, 3.05) is 6.61 Å². The zero-order valence-electron chi connectivity index (χ0n) is 8.74. The van der Waals surface area contributed by atoms with Crippen LogP contribution in [0.3, 0.4) is 0 Å². The van der Waals surface area contributed by atoms with Gasteiger partial charge in [0.05, 0.1) is 18.5 Å². The molecule has 1 aliphatic carbocycles. The van der Waals surface area contributed by atoms with Crippen molar-refractivity contribution in [3.8, 4) is 0 Å². The monoisotopic (exact) mass is 196 g/mol. The van der Waals surface area contributed by atoms with E-state index in [-0.39, 0.29) is 6.10 Å². The van der Waals surface area contributed by atoms with Crippen molar-refractivity contribution in [3.05, 3.63) is 11.8 Å². The fraction of sp³-hybridized carbons (Fsp3) is 0.833. The first-order chi connectivity index (χ1) is 6.88. The second-order valence-electron chi connectivity index (χ2n) is 4.41. The lowest BCUT2D eigenvalue weighted by atomic mass is 9.85. The Morgan fingerprint density at radius 2 is 2.00 bits per heavy atom. The van der Waals surface area contributed by atoms with Gasteiger partial charge in [-0.05, 0) is 38.2 Å². The highest BCUT2D eigenvalue weighted by molar-refractivity contribution is 5.03. The van der Waals surface area contributed by atoms with E-state index < -0.39 is 0 Å². The highest BCUT2D eigenvalue weighted by Crippen LogP contribution is 2.32. The molecule has 0 saturated heterocycles. The molecule has 0 aromatic rings. The van der Waals surface area contributed by atoms with E-state index in [1.807, 2.05) is 0 Å². The van der Waals surface area contributed by atoms with Crippen molar-refractivity contribution in [2.24, 2.45) is 5.92 Å². The molecule has 0 aromatic heterocycles. The molecule has 2 nitrogen and oxygen atoms in total. The number of aliphatic hydroxyl groups is 1. The van der Waals surface area contributed by atoms with Gasteiger partial charge in [-0.1, -0.05) is 12.8 Å². The molecule has 2 unspecified atom stereocenters. The summed E-state index contributed by atoms with van der Waals surface area (Å²) in [6, 6.07) is 0. The van der Waals surface area contributed by atoms with E-state index in [4.69, 9.17) is 4.74 Å². The molecule has 0 aromatic carbocycles. The van der Waals surface area contributed by atoms with Crippen LogP contribution in [0.5, 0.6) is 0 Å². The molecule has 80 valence electrons. The molecule has 0 spiro atoms. The number of ether oxygens (including phenoxy) is 1. The van der Waals surface area contributed by atoms with Gasteiger partial charge in [-0.2, -0.15) is 0 Å². The minimum atomic E-state index is -0.159. The minimum Gasteiger partial charge on any atom is -0.498 e. The number of allylic oxidation sites excluding steroid dienone is 1. The molecule has 2 aliphatic rings. The Morgan fingerprint density at radius 3 is 2.86 bits per heavy atom. The van der Waals surface area contributed by atoms with Crippen molar-refractivity contribution in [1.29, 1.82) is 0 Å². The van der Waals surface area contributed by atoms with Gasteiger partial charge in [-0.25, -0.2) is 0 Å². The molecule has 14 heavy (non-hydrogen) atoms. The van der Waals surface area contributed by atoms with E-state index in [2.05, 4.69) is 6.08 Å². The zero-order valence-corrected chi connectivity index (χ0v) is 8.74. The van der Waals surface area contributed by atoms with Crippen LogP contribution in [0.1, 0.15) is 44.9 Å². The van der Waals surface area contributed by atoms with E-state index >= 15 is 0 Å². The molecule has 2 atom stereocenters. The maximum absolute atomic E-state index is 9.89. The van der Waals surface area contributed by atoms with Gasteiger partial charge in [-0.3, -0.25) is 0 Å². The Balaban J connectivity index is 2.00. The molecule has 1 saturated carbocycles. The Kier molecular flexibility index (Phi) is 3.46. The molecule has 0 radical (unpaired) electrons. The van der Waals surface area contributed by atoms with Gasteiger partial charge in [0.1, 0.15) is 0 Å². The first-order valence-corrected chi connectivity index (χ1v) is 5.89. The molecule has 1 fully saturated rings. The third-order valence-electron chi connectivity index (χ3n) is 3.31. The maximum atomic E-state index is 9.89. The molecule has 0 bridgehead atoms. The van der Waals surface area contributed by atoms with Crippen LogP contribution >= 0.6 is 0 Å². The molecule has 1 aliphatic heterocycles. The third-order valence-corrected chi connectivity index (χ3v) is 3.31. The summed E-state index contributed by atoms with van der Waals surface area (Å²) in [4.78, 5) is 0. The van der Waals surface area contributed by atoms with Gasteiger partial charge >= 0.3 is 0 Å². The smallest absolute Gasteiger partial charge is 0.0976 e. The SMILES string of the molecule is OC1CCCCC1C1=CCCCCO1.